The van der Waals surface area contributed by atoms with Gasteiger partial charge < -0.3 is 14.8 Å². The van der Waals surface area contributed by atoms with Gasteiger partial charge >= 0.3 is 0 Å². The van der Waals surface area contributed by atoms with Crippen LogP contribution < -0.4 is 10.5 Å². The minimum atomic E-state index is -0.472. The molecule has 2 aromatic carbocycles. The summed E-state index contributed by atoms with van der Waals surface area (Å²) in [7, 11) is 0. The first-order chi connectivity index (χ1) is 14.9. The van der Waals surface area contributed by atoms with Gasteiger partial charge in [0.25, 0.3) is 5.56 Å². The summed E-state index contributed by atoms with van der Waals surface area (Å²) < 4.78 is 26.9. The number of H-pyrrole nitrogens is 1. The minimum Gasteiger partial charge on any atom is -0.367 e. The predicted molar refractivity (Wildman–Crippen MR) is 113 cm³/mol. The molecule has 0 saturated carbocycles. The second-order valence-corrected chi connectivity index (χ2v) is 7.50. The lowest BCUT2D eigenvalue weighted by molar-refractivity contribution is -0.131. The molecule has 0 spiro atoms. The van der Waals surface area contributed by atoms with Gasteiger partial charge in [-0.25, -0.2) is 8.78 Å². The molecule has 8 heteroatoms. The number of nitrogens with one attached hydrogen (secondary N) is 1. The Balaban J connectivity index is 1.37. The molecule has 1 saturated heterocycles. The summed E-state index contributed by atoms with van der Waals surface area (Å²) in [5.41, 5.74) is 1.19. The molecule has 158 valence electrons. The number of amides is 1. The first-order valence-corrected chi connectivity index (χ1v) is 9.98. The van der Waals surface area contributed by atoms with Gasteiger partial charge in [0.1, 0.15) is 17.7 Å². The van der Waals surface area contributed by atoms with Crippen LogP contribution in [0, 0.1) is 23.0 Å². The molecular weight excluding hydrogens is 402 g/mol. The van der Waals surface area contributed by atoms with Crippen molar-refractivity contribution in [2.24, 2.45) is 0 Å². The van der Waals surface area contributed by atoms with Crippen molar-refractivity contribution in [1.29, 1.82) is 5.26 Å². The molecule has 2 heterocycles. The van der Waals surface area contributed by atoms with Gasteiger partial charge in [0.2, 0.25) is 5.91 Å². The fourth-order valence-corrected chi connectivity index (χ4v) is 3.88. The van der Waals surface area contributed by atoms with Gasteiger partial charge in [-0.15, -0.1) is 0 Å². The number of hydrogen-bond donors (Lipinski definition) is 1. The van der Waals surface area contributed by atoms with Crippen LogP contribution in [-0.4, -0.2) is 42.0 Å². The fourth-order valence-electron chi connectivity index (χ4n) is 3.88. The van der Waals surface area contributed by atoms with E-state index in [9.17, 15) is 23.6 Å². The molecule has 1 aliphatic heterocycles. The Kier molecular flexibility index (Phi) is 5.67. The molecular formula is C23H20F2N4O2. The van der Waals surface area contributed by atoms with Crippen LogP contribution in [0.2, 0.25) is 0 Å². The lowest BCUT2D eigenvalue weighted by atomic mass is 10.1. The number of pyridine rings is 1. The minimum absolute atomic E-state index is 0.0422. The smallest absolute Gasteiger partial charge is 0.256 e. The number of nitriles is 1. The zero-order valence-corrected chi connectivity index (χ0v) is 16.7. The van der Waals surface area contributed by atoms with E-state index in [1.54, 1.807) is 17.0 Å². The van der Waals surface area contributed by atoms with Crippen molar-refractivity contribution in [1.82, 2.24) is 9.88 Å². The highest BCUT2D eigenvalue weighted by Gasteiger charge is 2.23. The standard InChI is InChI=1S/C23H20F2N4O2/c24-17-3-1-15-11-19(27-23(31)20(15)12-17)5-6-22(30)29-9-7-28(8-10-29)21-13-18(25)4-2-16(21)14-26/h1-4,11-13H,5-10H2,(H,27,31). The van der Waals surface area contributed by atoms with E-state index < -0.39 is 11.6 Å². The molecule has 1 amide bonds. The van der Waals surface area contributed by atoms with Gasteiger partial charge in [0, 0.05) is 43.7 Å². The van der Waals surface area contributed by atoms with Crippen LogP contribution in [0.3, 0.4) is 0 Å². The summed E-state index contributed by atoms with van der Waals surface area (Å²) in [4.78, 5) is 31.2. The number of fused-ring (bicyclic) bond motifs is 1. The predicted octanol–water partition coefficient (Wildman–Crippen LogP) is 2.96. The summed E-state index contributed by atoms with van der Waals surface area (Å²) in [5.74, 6) is -0.917. The quantitative estimate of drug-likeness (QED) is 0.701. The van der Waals surface area contributed by atoms with Gasteiger partial charge in [0.05, 0.1) is 11.3 Å². The van der Waals surface area contributed by atoms with E-state index in [0.717, 1.165) is 0 Å². The van der Waals surface area contributed by atoms with Gasteiger partial charge in [-0.1, -0.05) is 6.07 Å². The van der Waals surface area contributed by atoms with Crippen molar-refractivity contribution in [3.8, 4) is 6.07 Å². The molecule has 0 radical (unpaired) electrons. The first-order valence-electron chi connectivity index (χ1n) is 9.98. The van der Waals surface area contributed by atoms with Crippen molar-refractivity contribution >= 4 is 22.4 Å². The molecule has 0 unspecified atom stereocenters. The molecule has 0 aliphatic carbocycles. The largest absolute Gasteiger partial charge is 0.367 e. The number of aryl methyl sites for hydroxylation is 1. The van der Waals surface area contributed by atoms with E-state index in [-0.39, 0.29) is 23.3 Å². The molecule has 1 aliphatic rings. The molecule has 6 nitrogen and oxygen atoms in total. The highest BCUT2D eigenvalue weighted by atomic mass is 19.1. The molecule has 0 atom stereocenters. The lowest BCUT2D eigenvalue weighted by Gasteiger charge is -2.36. The fraction of sp³-hybridized carbons (Fsp3) is 0.261. The third-order valence-electron chi connectivity index (χ3n) is 5.53. The summed E-state index contributed by atoms with van der Waals surface area (Å²) in [6.07, 6.45) is 0.593. The third kappa shape index (κ3) is 4.40. The Morgan fingerprint density at radius 1 is 1.03 bits per heavy atom. The van der Waals surface area contributed by atoms with Gasteiger partial charge in [-0.05, 0) is 48.2 Å². The maximum absolute atomic E-state index is 13.6. The second kappa shape index (κ2) is 8.56. The second-order valence-electron chi connectivity index (χ2n) is 7.50. The first kappa shape index (κ1) is 20.5. The number of rotatable bonds is 4. The number of carbonyl (C=O) groups is 1. The number of benzene rings is 2. The average molecular weight is 422 g/mol. The van der Waals surface area contributed by atoms with Crippen molar-refractivity contribution in [2.75, 3.05) is 31.1 Å². The van der Waals surface area contributed by atoms with Crippen LogP contribution in [-0.2, 0) is 11.2 Å². The van der Waals surface area contributed by atoms with E-state index in [1.807, 2.05) is 4.90 Å². The number of aromatic nitrogens is 1. The van der Waals surface area contributed by atoms with Crippen molar-refractivity contribution in [3.63, 3.8) is 0 Å². The van der Waals surface area contributed by atoms with E-state index in [4.69, 9.17) is 0 Å². The zero-order valence-electron chi connectivity index (χ0n) is 16.7. The van der Waals surface area contributed by atoms with E-state index in [2.05, 4.69) is 11.1 Å². The summed E-state index contributed by atoms with van der Waals surface area (Å²) in [6.45, 7) is 1.94. The number of aromatic amines is 1. The number of carbonyl (C=O) groups excluding carboxylic acids is 1. The Morgan fingerprint density at radius 3 is 2.48 bits per heavy atom. The Morgan fingerprint density at radius 2 is 1.74 bits per heavy atom. The van der Waals surface area contributed by atoms with Crippen LogP contribution in [0.5, 0.6) is 0 Å². The van der Waals surface area contributed by atoms with Crippen LogP contribution >= 0.6 is 0 Å². The number of nitrogens with zero attached hydrogens (tertiary/aromatic N) is 3. The zero-order chi connectivity index (χ0) is 22.0. The Labute approximate surface area is 177 Å². The molecule has 4 rings (SSSR count). The van der Waals surface area contributed by atoms with E-state index in [0.29, 0.717) is 54.9 Å². The van der Waals surface area contributed by atoms with Crippen LogP contribution in [0.1, 0.15) is 17.7 Å². The molecule has 1 fully saturated rings. The lowest BCUT2D eigenvalue weighted by Crippen LogP contribution is -2.49. The molecule has 3 aromatic rings. The summed E-state index contributed by atoms with van der Waals surface area (Å²) in [5, 5.41) is 10.2. The Hall–Kier alpha value is -3.73. The molecule has 1 N–H and O–H groups in total. The highest BCUT2D eigenvalue weighted by molar-refractivity contribution is 5.82. The van der Waals surface area contributed by atoms with Gasteiger partial charge in [-0.2, -0.15) is 5.26 Å². The number of halogens is 2. The molecule has 1 aromatic heterocycles. The summed E-state index contributed by atoms with van der Waals surface area (Å²) >= 11 is 0. The summed E-state index contributed by atoms with van der Waals surface area (Å²) in [6, 6.07) is 11.9. The van der Waals surface area contributed by atoms with E-state index in [1.165, 1.54) is 30.3 Å². The van der Waals surface area contributed by atoms with Crippen molar-refractivity contribution < 1.29 is 13.6 Å². The number of anilines is 1. The average Bonchev–Trinajstić information content (AvgIpc) is 2.78. The highest BCUT2D eigenvalue weighted by Crippen LogP contribution is 2.23. The molecule has 31 heavy (non-hydrogen) atoms. The van der Waals surface area contributed by atoms with Crippen molar-refractivity contribution in [2.45, 2.75) is 12.8 Å². The monoisotopic (exact) mass is 422 g/mol. The normalized spacial score (nSPS) is 14.0. The van der Waals surface area contributed by atoms with Gasteiger partial charge in [-0.3, -0.25) is 9.59 Å². The SMILES string of the molecule is N#Cc1ccc(F)cc1N1CCN(C(=O)CCc2cc3ccc(F)cc3c(=O)[nH]2)CC1. The van der Waals surface area contributed by atoms with E-state index >= 15 is 0 Å². The van der Waals surface area contributed by atoms with Gasteiger partial charge in [0.15, 0.2) is 0 Å². The number of piperazine rings is 1. The topological polar surface area (TPSA) is 80.2 Å². The Bertz CT molecular complexity index is 1240. The van der Waals surface area contributed by atoms with Crippen LogP contribution in [0.15, 0.2) is 47.3 Å². The molecule has 0 bridgehead atoms. The van der Waals surface area contributed by atoms with Crippen molar-refractivity contribution in [3.05, 3.63) is 75.7 Å². The maximum Gasteiger partial charge on any atom is 0.256 e. The maximum atomic E-state index is 13.6. The van der Waals surface area contributed by atoms with Crippen LogP contribution in [0.25, 0.3) is 10.8 Å². The third-order valence-corrected chi connectivity index (χ3v) is 5.53. The number of hydrogen-bond acceptors (Lipinski definition) is 4. The van der Waals surface area contributed by atoms with Crippen LogP contribution in [0.4, 0.5) is 14.5 Å².